The number of carbonyl (C=O) groups excluding carboxylic acids is 2. The van der Waals surface area contributed by atoms with Gasteiger partial charge < -0.3 is 9.15 Å². The first-order valence-corrected chi connectivity index (χ1v) is 8.38. The summed E-state index contributed by atoms with van der Waals surface area (Å²) >= 11 is 6.77. The molecule has 0 spiro atoms. The highest BCUT2D eigenvalue weighted by molar-refractivity contribution is 8.18. The van der Waals surface area contributed by atoms with Gasteiger partial charge in [0.15, 0.2) is 0 Å². The molecule has 1 fully saturated rings. The zero-order chi connectivity index (χ0) is 17.1. The highest BCUT2D eigenvalue weighted by atomic mass is 35.5. The third kappa shape index (κ3) is 3.56. The Morgan fingerprint density at radius 3 is 2.67 bits per heavy atom. The number of hydrogen-bond donors (Lipinski definition) is 0. The summed E-state index contributed by atoms with van der Waals surface area (Å²) < 4.78 is 10.6. The van der Waals surface area contributed by atoms with Gasteiger partial charge in [0, 0.05) is 23.8 Å². The van der Waals surface area contributed by atoms with Gasteiger partial charge in [-0.1, -0.05) is 11.6 Å². The smallest absolute Gasteiger partial charge is 0.293 e. The first-order valence-electron chi connectivity index (χ1n) is 7.18. The molecule has 1 aliphatic heterocycles. The lowest BCUT2D eigenvalue weighted by atomic mass is 10.2. The maximum atomic E-state index is 12.2. The lowest BCUT2D eigenvalue weighted by Gasteiger charge is -2.10. The van der Waals surface area contributed by atoms with Crippen LogP contribution in [-0.4, -0.2) is 36.3 Å². The highest BCUT2D eigenvalue weighted by Gasteiger charge is 2.34. The Balaban J connectivity index is 1.78. The van der Waals surface area contributed by atoms with Gasteiger partial charge in [0.1, 0.15) is 11.5 Å². The van der Waals surface area contributed by atoms with Gasteiger partial charge in [-0.05, 0) is 48.2 Å². The zero-order valence-electron chi connectivity index (χ0n) is 12.8. The van der Waals surface area contributed by atoms with Crippen LogP contribution in [0.2, 0.25) is 5.02 Å². The number of hydrogen-bond acceptors (Lipinski definition) is 5. The highest BCUT2D eigenvalue weighted by Crippen LogP contribution is 2.33. The number of carbonyl (C=O) groups is 2. The van der Waals surface area contributed by atoms with E-state index in [1.165, 1.54) is 12.0 Å². The summed E-state index contributed by atoms with van der Waals surface area (Å²) in [5.74, 6) is 0.847. The SMILES string of the molecule is COCCN1C(=O)S/C(=C/c2ccc(-c3ccc(Cl)cc3)o2)C1=O. The van der Waals surface area contributed by atoms with Crippen molar-refractivity contribution in [2.45, 2.75) is 0 Å². The average Bonchev–Trinajstić information content (AvgIpc) is 3.13. The summed E-state index contributed by atoms with van der Waals surface area (Å²) in [6.45, 7) is 0.555. The maximum Gasteiger partial charge on any atom is 0.293 e. The average molecular weight is 364 g/mol. The van der Waals surface area contributed by atoms with Gasteiger partial charge in [0.25, 0.3) is 11.1 Å². The third-order valence-electron chi connectivity index (χ3n) is 3.42. The Morgan fingerprint density at radius 1 is 1.21 bits per heavy atom. The Hall–Kier alpha value is -2.02. The summed E-state index contributed by atoms with van der Waals surface area (Å²) in [4.78, 5) is 25.6. The lowest BCUT2D eigenvalue weighted by molar-refractivity contribution is -0.123. The van der Waals surface area contributed by atoms with Crippen LogP contribution in [0.3, 0.4) is 0 Å². The number of amides is 2. The molecule has 2 heterocycles. The summed E-state index contributed by atoms with van der Waals surface area (Å²) in [5, 5.41) is 0.350. The van der Waals surface area contributed by atoms with Crippen LogP contribution < -0.4 is 0 Å². The van der Waals surface area contributed by atoms with Crippen LogP contribution in [0, 0.1) is 0 Å². The fourth-order valence-electron chi connectivity index (χ4n) is 2.20. The molecule has 3 rings (SSSR count). The molecule has 1 aromatic heterocycles. The number of furan rings is 1. The largest absolute Gasteiger partial charge is 0.457 e. The minimum atomic E-state index is -0.327. The molecule has 5 nitrogen and oxygen atoms in total. The maximum absolute atomic E-state index is 12.2. The molecule has 0 N–H and O–H groups in total. The van der Waals surface area contributed by atoms with E-state index in [-0.39, 0.29) is 17.7 Å². The second-order valence-electron chi connectivity index (χ2n) is 5.04. The number of benzene rings is 1. The number of thioether (sulfide) groups is 1. The van der Waals surface area contributed by atoms with Gasteiger partial charge in [0.05, 0.1) is 18.1 Å². The standard InChI is InChI=1S/C17H14ClNO4S/c1-22-9-8-19-16(20)15(24-17(19)21)10-13-6-7-14(23-13)11-2-4-12(18)5-3-11/h2-7,10H,8-9H2,1H3/b15-10+. The van der Waals surface area contributed by atoms with Crippen molar-refractivity contribution < 1.29 is 18.7 Å². The zero-order valence-corrected chi connectivity index (χ0v) is 14.4. The number of imide groups is 1. The van der Waals surface area contributed by atoms with Crippen molar-refractivity contribution in [2.24, 2.45) is 0 Å². The van der Waals surface area contributed by atoms with Crippen molar-refractivity contribution in [3.05, 3.63) is 52.1 Å². The van der Waals surface area contributed by atoms with Gasteiger partial charge >= 0.3 is 0 Å². The molecule has 0 radical (unpaired) electrons. The summed E-state index contributed by atoms with van der Waals surface area (Å²) in [7, 11) is 1.52. The molecule has 124 valence electrons. The van der Waals surface area contributed by atoms with Crippen LogP contribution in [0.5, 0.6) is 0 Å². The summed E-state index contributed by atoms with van der Waals surface area (Å²) in [6.07, 6.45) is 1.58. The molecule has 7 heteroatoms. The van der Waals surface area contributed by atoms with Crippen LogP contribution in [0.4, 0.5) is 4.79 Å². The van der Waals surface area contributed by atoms with Crippen LogP contribution in [0.15, 0.2) is 45.7 Å². The number of ether oxygens (including phenoxy) is 1. The van der Waals surface area contributed by atoms with Crippen LogP contribution >= 0.6 is 23.4 Å². The third-order valence-corrected chi connectivity index (χ3v) is 4.58. The van der Waals surface area contributed by atoms with Crippen molar-refractivity contribution in [3.63, 3.8) is 0 Å². The Bertz CT molecular complexity index is 797. The van der Waals surface area contributed by atoms with E-state index in [4.69, 9.17) is 20.8 Å². The van der Waals surface area contributed by atoms with E-state index in [9.17, 15) is 9.59 Å². The Kier molecular flexibility index (Phi) is 5.08. The number of rotatable bonds is 5. The first kappa shape index (κ1) is 16.8. The van der Waals surface area contributed by atoms with E-state index >= 15 is 0 Å². The van der Waals surface area contributed by atoms with Crippen LogP contribution in [0.25, 0.3) is 17.4 Å². The van der Waals surface area contributed by atoms with Crippen LogP contribution in [-0.2, 0) is 9.53 Å². The van der Waals surface area contributed by atoms with Crippen molar-refractivity contribution in [3.8, 4) is 11.3 Å². The van der Waals surface area contributed by atoms with Crippen molar-refractivity contribution in [2.75, 3.05) is 20.3 Å². The van der Waals surface area contributed by atoms with Crippen molar-refractivity contribution in [1.29, 1.82) is 0 Å². The van der Waals surface area contributed by atoms with Gasteiger partial charge in [0.2, 0.25) is 0 Å². The minimum Gasteiger partial charge on any atom is -0.457 e. The Labute approximate surface area is 148 Å². The van der Waals surface area contributed by atoms with Crippen LogP contribution in [0.1, 0.15) is 5.76 Å². The monoisotopic (exact) mass is 363 g/mol. The normalized spacial score (nSPS) is 16.4. The van der Waals surface area contributed by atoms with Crippen molar-refractivity contribution >= 4 is 40.6 Å². The molecule has 0 unspecified atom stereocenters. The fraction of sp³-hybridized carbons (Fsp3) is 0.176. The lowest BCUT2D eigenvalue weighted by Crippen LogP contribution is -2.31. The predicted molar refractivity (Wildman–Crippen MR) is 93.7 cm³/mol. The van der Waals surface area contributed by atoms with Gasteiger partial charge in [-0.15, -0.1) is 0 Å². The molecule has 1 aromatic carbocycles. The molecule has 24 heavy (non-hydrogen) atoms. The summed E-state index contributed by atoms with van der Waals surface area (Å²) in [5.41, 5.74) is 0.882. The fourth-order valence-corrected chi connectivity index (χ4v) is 3.18. The van der Waals surface area contributed by atoms with E-state index in [1.54, 1.807) is 24.3 Å². The summed E-state index contributed by atoms with van der Waals surface area (Å²) in [6, 6.07) is 10.8. The van der Waals surface area contributed by atoms with Gasteiger partial charge in [-0.3, -0.25) is 14.5 Å². The van der Waals surface area contributed by atoms with E-state index < -0.39 is 0 Å². The minimum absolute atomic E-state index is 0.243. The Morgan fingerprint density at radius 2 is 1.96 bits per heavy atom. The molecule has 2 amide bonds. The van der Waals surface area contributed by atoms with E-state index in [2.05, 4.69) is 0 Å². The van der Waals surface area contributed by atoms with E-state index in [0.29, 0.717) is 28.1 Å². The van der Waals surface area contributed by atoms with E-state index in [1.807, 2.05) is 18.2 Å². The molecule has 0 aliphatic carbocycles. The van der Waals surface area contributed by atoms with E-state index in [0.717, 1.165) is 17.3 Å². The van der Waals surface area contributed by atoms with Gasteiger partial charge in [-0.2, -0.15) is 0 Å². The molecular formula is C17H14ClNO4S. The van der Waals surface area contributed by atoms with Crippen molar-refractivity contribution in [1.82, 2.24) is 4.90 Å². The molecule has 0 atom stereocenters. The predicted octanol–water partition coefficient (Wildman–Crippen LogP) is 4.28. The topological polar surface area (TPSA) is 59.8 Å². The quantitative estimate of drug-likeness (QED) is 0.742. The molecule has 1 saturated heterocycles. The second kappa shape index (κ2) is 7.25. The molecule has 2 aromatic rings. The number of methoxy groups -OCH3 is 1. The second-order valence-corrected chi connectivity index (χ2v) is 6.46. The number of halogens is 1. The molecule has 0 saturated carbocycles. The number of nitrogens with zero attached hydrogens (tertiary/aromatic N) is 1. The first-order chi connectivity index (χ1) is 11.6. The molecule has 1 aliphatic rings. The van der Waals surface area contributed by atoms with Gasteiger partial charge in [-0.25, -0.2) is 0 Å². The molecular weight excluding hydrogens is 350 g/mol. The molecule has 0 bridgehead atoms.